The van der Waals surface area contributed by atoms with E-state index in [0.29, 0.717) is 5.92 Å². The van der Waals surface area contributed by atoms with Gasteiger partial charge < -0.3 is 0 Å². The van der Waals surface area contributed by atoms with Gasteiger partial charge in [0.25, 0.3) is 0 Å². The van der Waals surface area contributed by atoms with Crippen LogP contribution in [-0.4, -0.2) is 0 Å². The maximum Gasteiger partial charge on any atom is 0.0133 e. The predicted molar refractivity (Wildman–Crippen MR) is 96.3 cm³/mol. The van der Waals surface area contributed by atoms with E-state index in [0.717, 1.165) is 6.42 Å². The summed E-state index contributed by atoms with van der Waals surface area (Å²) in [6.45, 7) is 8.55. The molecular formula is C16H18I2. The molecule has 0 aliphatic heterocycles. The molecule has 0 radical (unpaired) electrons. The summed E-state index contributed by atoms with van der Waals surface area (Å²) in [6.07, 6.45) is 6.38. The third kappa shape index (κ3) is 2.84. The van der Waals surface area contributed by atoms with Gasteiger partial charge in [-0.3, -0.25) is 0 Å². The fourth-order valence-corrected chi connectivity index (χ4v) is 4.10. The molecule has 0 bridgehead atoms. The first-order chi connectivity index (χ1) is 8.45. The summed E-state index contributed by atoms with van der Waals surface area (Å²) in [5.41, 5.74) is 3.36. The minimum Gasteiger partial charge on any atom is -0.0990 e. The van der Waals surface area contributed by atoms with Gasteiger partial charge in [-0.15, -0.1) is 0 Å². The van der Waals surface area contributed by atoms with Crippen molar-refractivity contribution in [3.8, 4) is 0 Å². The van der Waals surface area contributed by atoms with Crippen molar-refractivity contribution >= 4 is 45.2 Å². The second kappa shape index (κ2) is 5.65. The molecule has 0 saturated heterocycles. The molecule has 18 heavy (non-hydrogen) atoms. The Morgan fingerprint density at radius 3 is 2.89 bits per heavy atom. The average molecular weight is 464 g/mol. The Hall–Kier alpha value is 0.160. The highest BCUT2D eigenvalue weighted by atomic mass is 127. The van der Waals surface area contributed by atoms with Gasteiger partial charge in [0.15, 0.2) is 0 Å². The number of hydrogen-bond acceptors (Lipinski definition) is 0. The van der Waals surface area contributed by atoms with Crippen molar-refractivity contribution in [1.29, 1.82) is 0 Å². The van der Waals surface area contributed by atoms with Crippen LogP contribution in [0.3, 0.4) is 0 Å². The summed E-state index contributed by atoms with van der Waals surface area (Å²) in [5.74, 6) is 0.703. The third-order valence-electron chi connectivity index (χ3n) is 3.99. The first-order valence-corrected chi connectivity index (χ1v) is 8.37. The summed E-state index contributed by atoms with van der Waals surface area (Å²) in [6, 6.07) is 6.89. The summed E-state index contributed by atoms with van der Waals surface area (Å²) >= 11 is 4.85. The lowest BCUT2D eigenvalue weighted by molar-refractivity contribution is 0.351. The first-order valence-electron chi connectivity index (χ1n) is 6.21. The van der Waals surface area contributed by atoms with E-state index in [1.165, 1.54) is 19.1 Å². The first kappa shape index (κ1) is 14.6. The predicted octanol–water partition coefficient (Wildman–Crippen LogP) is 5.64. The number of fused-ring (bicyclic) bond motifs is 1. The Morgan fingerprint density at radius 2 is 2.22 bits per heavy atom. The van der Waals surface area contributed by atoms with Crippen LogP contribution in [-0.2, 0) is 11.8 Å². The minimum absolute atomic E-state index is 0.280. The molecule has 1 aromatic rings. The van der Waals surface area contributed by atoms with Crippen molar-refractivity contribution in [1.82, 2.24) is 0 Å². The molecule has 1 unspecified atom stereocenters. The van der Waals surface area contributed by atoms with Crippen molar-refractivity contribution in [3.63, 3.8) is 0 Å². The van der Waals surface area contributed by atoms with Gasteiger partial charge in [-0.25, -0.2) is 0 Å². The van der Waals surface area contributed by atoms with Crippen molar-refractivity contribution in [2.24, 2.45) is 5.92 Å². The Labute approximate surface area is 137 Å². The summed E-state index contributed by atoms with van der Waals surface area (Å²) in [5, 5.41) is 0. The van der Waals surface area contributed by atoms with Crippen LogP contribution in [0.15, 0.2) is 40.5 Å². The molecule has 1 aromatic carbocycles. The van der Waals surface area contributed by atoms with Gasteiger partial charge in [-0.1, -0.05) is 38.6 Å². The summed E-state index contributed by atoms with van der Waals surface area (Å²) < 4.78 is 2.75. The van der Waals surface area contributed by atoms with E-state index >= 15 is 0 Å². The fraction of sp³-hybridized carbons (Fsp3) is 0.375. The van der Waals surface area contributed by atoms with Crippen LogP contribution in [0, 0.1) is 9.49 Å². The van der Waals surface area contributed by atoms with Gasteiger partial charge in [0.2, 0.25) is 0 Å². The van der Waals surface area contributed by atoms with Crippen LogP contribution < -0.4 is 0 Å². The molecule has 1 aliphatic rings. The van der Waals surface area contributed by atoms with Crippen LogP contribution in [0.25, 0.3) is 0 Å². The second-order valence-electron chi connectivity index (χ2n) is 5.48. The van der Waals surface area contributed by atoms with Crippen molar-refractivity contribution < 1.29 is 0 Å². The number of benzene rings is 1. The van der Waals surface area contributed by atoms with E-state index in [-0.39, 0.29) is 5.41 Å². The van der Waals surface area contributed by atoms with Gasteiger partial charge in [0.1, 0.15) is 0 Å². The van der Waals surface area contributed by atoms with Gasteiger partial charge >= 0.3 is 0 Å². The normalized spacial score (nSPS) is 21.8. The molecule has 96 valence electrons. The van der Waals surface area contributed by atoms with Gasteiger partial charge in [-0.2, -0.15) is 0 Å². The Kier molecular flexibility index (Phi) is 4.57. The van der Waals surface area contributed by atoms with E-state index in [9.17, 15) is 0 Å². The maximum atomic E-state index is 3.78. The van der Waals surface area contributed by atoms with E-state index in [1.807, 2.05) is 6.08 Å². The fourth-order valence-electron chi connectivity index (χ4n) is 2.83. The minimum atomic E-state index is 0.280. The molecule has 0 N–H and O–H groups in total. The van der Waals surface area contributed by atoms with Gasteiger partial charge in [0, 0.05) is 3.57 Å². The molecule has 1 aliphatic carbocycles. The SMILES string of the molecule is C=C/C=C(/I)CC1Cc2ccc(I)cc2C1(C)C. The lowest BCUT2D eigenvalue weighted by Crippen LogP contribution is -2.24. The molecule has 0 heterocycles. The number of hydrogen-bond donors (Lipinski definition) is 0. The molecule has 0 nitrogen and oxygen atoms in total. The lowest BCUT2D eigenvalue weighted by Gasteiger charge is -2.28. The zero-order valence-corrected chi connectivity index (χ0v) is 15.2. The van der Waals surface area contributed by atoms with E-state index in [4.69, 9.17) is 0 Å². The number of halogens is 2. The summed E-state index contributed by atoms with van der Waals surface area (Å²) in [7, 11) is 0. The number of allylic oxidation sites excluding steroid dienone is 3. The molecule has 2 heteroatoms. The monoisotopic (exact) mass is 464 g/mol. The maximum absolute atomic E-state index is 3.78. The van der Waals surface area contributed by atoms with E-state index < -0.39 is 0 Å². The van der Waals surface area contributed by atoms with Crippen LogP contribution in [0.1, 0.15) is 31.4 Å². The zero-order chi connectivity index (χ0) is 13.3. The van der Waals surface area contributed by atoms with Crippen LogP contribution in [0.2, 0.25) is 0 Å². The molecule has 1 atom stereocenters. The topological polar surface area (TPSA) is 0 Å². The molecule has 0 saturated carbocycles. The average Bonchev–Trinajstić information content (AvgIpc) is 2.52. The van der Waals surface area contributed by atoms with Crippen molar-refractivity contribution in [3.05, 3.63) is 55.2 Å². The second-order valence-corrected chi connectivity index (χ2v) is 8.11. The van der Waals surface area contributed by atoms with Gasteiger partial charge in [-0.05, 0) is 96.2 Å². The van der Waals surface area contributed by atoms with Crippen LogP contribution >= 0.6 is 45.2 Å². The van der Waals surface area contributed by atoms with Crippen LogP contribution in [0.4, 0.5) is 0 Å². The van der Waals surface area contributed by atoms with Crippen molar-refractivity contribution in [2.45, 2.75) is 32.1 Å². The Morgan fingerprint density at radius 1 is 1.50 bits per heavy atom. The van der Waals surface area contributed by atoms with E-state index in [2.05, 4.69) is 89.9 Å². The highest BCUT2D eigenvalue weighted by Crippen LogP contribution is 2.46. The highest BCUT2D eigenvalue weighted by molar-refractivity contribution is 14.1. The Balaban J connectivity index is 2.29. The smallest absolute Gasteiger partial charge is 0.0133 e. The molecule has 0 aromatic heterocycles. The molecular weight excluding hydrogens is 446 g/mol. The quantitative estimate of drug-likeness (QED) is 0.402. The van der Waals surface area contributed by atoms with E-state index in [1.54, 1.807) is 5.56 Å². The molecule has 2 rings (SSSR count). The highest BCUT2D eigenvalue weighted by Gasteiger charge is 2.39. The van der Waals surface area contributed by atoms with Crippen LogP contribution in [0.5, 0.6) is 0 Å². The lowest BCUT2D eigenvalue weighted by atomic mass is 9.77. The van der Waals surface area contributed by atoms with Crippen molar-refractivity contribution in [2.75, 3.05) is 0 Å². The Bertz CT molecular complexity index is 498. The molecule has 0 amide bonds. The number of rotatable bonds is 3. The zero-order valence-electron chi connectivity index (χ0n) is 10.8. The standard InChI is InChI=1S/C16H18I2/c1-4-5-13(17)9-12-8-11-6-7-14(18)10-15(11)16(12,2)3/h4-7,10,12H,1,8-9H2,2-3H3/b13-5+. The summed E-state index contributed by atoms with van der Waals surface area (Å²) in [4.78, 5) is 0. The molecule has 0 fully saturated rings. The third-order valence-corrected chi connectivity index (χ3v) is 5.46. The largest absolute Gasteiger partial charge is 0.0990 e. The van der Waals surface area contributed by atoms with Gasteiger partial charge in [0.05, 0.1) is 0 Å². The molecule has 0 spiro atoms.